The lowest BCUT2D eigenvalue weighted by atomic mass is 10.3. The van der Waals surface area contributed by atoms with Crippen molar-refractivity contribution in [3.8, 4) is 5.75 Å². The van der Waals surface area contributed by atoms with E-state index >= 15 is 0 Å². The van der Waals surface area contributed by atoms with Crippen LogP contribution in [0.3, 0.4) is 0 Å². The van der Waals surface area contributed by atoms with E-state index in [0.717, 1.165) is 7.11 Å². The number of hydrogen-bond donors (Lipinski definition) is 2. The third-order valence-corrected chi connectivity index (χ3v) is 2.67. The third-order valence-electron chi connectivity index (χ3n) is 1.71. The Hall–Kier alpha value is -1.48. The molecule has 0 unspecified atom stereocenters. The van der Waals surface area contributed by atoms with E-state index in [4.69, 9.17) is 5.14 Å². The number of aromatic amines is 1. The highest BCUT2D eigenvalue weighted by Crippen LogP contribution is 2.23. The molecule has 0 saturated heterocycles. The van der Waals surface area contributed by atoms with Gasteiger partial charge in [-0.05, 0) is 0 Å². The minimum atomic E-state index is -4.33. The Morgan fingerprint density at radius 2 is 2.06 bits per heavy atom. The molecule has 1 rings (SSSR count). The summed E-state index contributed by atoms with van der Waals surface area (Å²) >= 11 is 0. The first kappa shape index (κ1) is 12.6. The molecule has 16 heavy (non-hydrogen) atoms. The molecule has 6 nitrogen and oxygen atoms in total. The number of primary sulfonamides is 1. The van der Waals surface area contributed by atoms with Crippen molar-refractivity contribution in [1.29, 1.82) is 0 Å². The molecule has 0 aliphatic heterocycles. The van der Waals surface area contributed by atoms with E-state index < -0.39 is 38.3 Å². The third kappa shape index (κ3) is 2.36. The fraction of sp³-hybridized carbons (Fsp3) is 0.286. The van der Waals surface area contributed by atoms with Crippen LogP contribution in [0.2, 0.25) is 0 Å². The Balaban J connectivity index is 3.60. The fourth-order valence-corrected chi connectivity index (χ4v) is 1.81. The molecule has 0 fully saturated rings. The van der Waals surface area contributed by atoms with Gasteiger partial charge in [0.1, 0.15) is 5.75 Å². The minimum absolute atomic E-state index is 0.512. The largest absolute Gasteiger partial charge is 0.495 e. The van der Waals surface area contributed by atoms with Crippen LogP contribution in [0.5, 0.6) is 5.75 Å². The lowest BCUT2D eigenvalue weighted by Gasteiger charge is -2.07. The first-order valence-corrected chi connectivity index (χ1v) is 5.44. The van der Waals surface area contributed by atoms with Gasteiger partial charge in [-0.3, -0.25) is 4.79 Å². The first-order valence-electron chi connectivity index (χ1n) is 3.89. The smallest absolute Gasteiger partial charge is 0.278 e. The number of sulfonamides is 1. The van der Waals surface area contributed by atoms with Crippen molar-refractivity contribution < 1.29 is 21.9 Å². The van der Waals surface area contributed by atoms with Crippen LogP contribution in [0, 0.1) is 0 Å². The highest BCUT2D eigenvalue weighted by Gasteiger charge is 2.22. The van der Waals surface area contributed by atoms with Crippen LogP contribution in [0.25, 0.3) is 0 Å². The number of methoxy groups -OCH3 is 1. The van der Waals surface area contributed by atoms with Gasteiger partial charge in [0.25, 0.3) is 12.0 Å². The van der Waals surface area contributed by atoms with Crippen molar-refractivity contribution in [3.63, 3.8) is 0 Å². The van der Waals surface area contributed by atoms with Gasteiger partial charge in [0.15, 0.2) is 4.90 Å². The number of ether oxygens (including phenoxy) is 1. The highest BCUT2D eigenvalue weighted by molar-refractivity contribution is 7.89. The van der Waals surface area contributed by atoms with Crippen molar-refractivity contribution in [2.75, 3.05) is 7.11 Å². The monoisotopic (exact) mass is 254 g/mol. The Bertz CT molecular complexity index is 552. The van der Waals surface area contributed by atoms with Crippen LogP contribution >= 0.6 is 0 Å². The number of rotatable bonds is 3. The topological polar surface area (TPSA) is 102 Å². The van der Waals surface area contributed by atoms with E-state index in [1.54, 1.807) is 4.98 Å². The summed E-state index contributed by atoms with van der Waals surface area (Å²) in [6.45, 7) is 0. The van der Waals surface area contributed by atoms with Crippen LogP contribution < -0.4 is 15.4 Å². The summed E-state index contributed by atoms with van der Waals surface area (Å²) in [6, 6.07) is 0.714. The SMILES string of the molecule is COc1cc(C(F)F)[nH]c(=O)c1S(N)(=O)=O. The Labute approximate surface area is 89.1 Å². The maximum Gasteiger partial charge on any atom is 0.278 e. The van der Waals surface area contributed by atoms with Gasteiger partial charge >= 0.3 is 0 Å². The predicted octanol–water partition coefficient (Wildman–Crippen LogP) is -0.0315. The molecule has 0 saturated carbocycles. The summed E-state index contributed by atoms with van der Waals surface area (Å²) in [7, 11) is -3.29. The summed E-state index contributed by atoms with van der Waals surface area (Å²) in [5.74, 6) is -0.512. The van der Waals surface area contributed by atoms with Crippen LogP contribution in [-0.2, 0) is 10.0 Å². The van der Waals surface area contributed by atoms with Crippen molar-refractivity contribution in [2.24, 2.45) is 5.14 Å². The second-order valence-corrected chi connectivity index (χ2v) is 4.30. The molecule has 0 aliphatic carbocycles. The van der Waals surface area contributed by atoms with Gasteiger partial charge in [-0.1, -0.05) is 0 Å². The number of alkyl halides is 2. The number of H-pyrrole nitrogens is 1. The van der Waals surface area contributed by atoms with E-state index in [-0.39, 0.29) is 0 Å². The van der Waals surface area contributed by atoms with Crippen molar-refractivity contribution in [2.45, 2.75) is 11.3 Å². The van der Waals surface area contributed by atoms with Crippen LogP contribution in [0.15, 0.2) is 15.8 Å². The lowest BCUT2D eigenvalue weighted by molar-refractivity contribution is 0.145. The number of hydrogen-bond acceptors (Lipinski definition) is 4. The normalized spacial score (nSPS) is 11.8. The summed E-state index contributed by atoms with van der Waals surface area (Å²) < 4.78 is 51.1. The van der Waals surface area contributed by atoms with Gasteiger partial charge in [0.05, 0.1) is 12.8 Å². The average molecular weight is 254 g/mol. The van der Waals surface area contributed by atoms with E-state index in [1.807, 2.05) is 0 Å². The number of aromatic nitrogens is 1. The molecule has 0 bridgehead atoms. The van der Waals surface area contributed by atoms with E-state index in [2.05, 4.69) is 4.74 Å². The molecule has 0 aromatic carbocycles. The predicted molar refractivity (Wildman–Crippen MR) is 49.9 cm³/mol. The van der Waals surface area contributed by atoms with Gasteiger partial charge < -0.3 is 9.72 Å². The van der Waals surface area contributed by atoms with Crippen molar-refractivity contribution in [3.05, 3.63) is 22.1 Å². The Kier molecular flexibility index (Phi) is 3.29. The molecule has 1 aromatic rings. The van der Waals surface area contributed by atoms with Gasteiger partial charge in [-0.15, -0.1) is 0 Å². The van der Waals surface area contributed by atoms with E-state index in [0.29, 0.717) is 6.07 Å². The molecular weight excluding hydrogens is 246 g/mol. The molecule has 1 aromatic heterocycles. The molecule has 0 aliphatic rings. The van der Waals surface area contributed by atoms with Gasteiger partial charge in [0, 0.05) is 6.07 Å². The fourth-order valence-electron chi connectivity index (χ4n) is 1.08. The second kappa shape index (κ2) is 4.18. The van der Waals surface area contributed by atoms with Crippen LogP contribution in [0.4, 0.5) is 8.78 Å². The summed E-state index contributed by atoms with van der Waals surface area (Å²) in [5, 5.41) is 4.74. The second-order valence-electron chi connectivity index (χ2n) is 2.80. The standard InChI is InChI=1S/C7H8F2N2O4S/c1-15-4-2-3(6(8)9)11-7(12)5(4)16(10,13)14/h2,6H,1H3,(H,11,12)(H2,10,13,14). The molecule has 1 heterocycles. The zero-order valence-electron chi connectivity index (χ0n) is 8.03. The summed E-state index contributed by atoms with van der Waals surface area (Å²) in [5.41, 5.74) is -1.98. The molecular formula is C7H8F2N2O4S. The highest BCUT2D eigenvalue weighted by atomic mass is 32.2. The maximum atomic E-state index is 12.3. The van der Waals surface area contributed by atoms with Crippen molar-refractivity contribution in [1.82, 2.24) is 4.98 Å². The zero-order chi connectivity index (χ0) is 12.5. The summed E-state index contributed by atoms with van der Waals surface area (Å²) in [4.78, 5) is 12.1. The first-order chi connectivity index (χ1) is 7.27. The molecule has 90 valence electrons. The zero-order valence-corrected chi connectivity index (χ0v) is 8.85. The molecule has 3 N–H and O–H groups in total. The van der Waals surface area contributed by atoms with Crippen LogP contribution in [-0.4, -0.2) is 20.5 Å². The number of nitrogens with one attached hydrogen (secondary N) is 1. The van der Waals surface area contributed by atoms with Crippen LogP contribution in [0.1, 0.15) is 12.1 Å². The molecule has 0 spiro atoms. The van der Waals surface area contributed by atoms with E-state index in [9.17, 15) is 22.0 Å². The number of halogens is 2. The Morgan fingerprint density at radius 3 is 2.44 bits per heavy atom. The minimum Gasteiger partial charge on any atom is -0.495 e. The average Bonchev–Trinajstić information content (AvgIpc) is 2.14. The molecule has 9 heteroatoms. The number of pyridine rings is 1. The van der Waals surface area contributed by atoms with Gasteiger partial charge in [0.2, 0.25) is 10.0 Å². The Morgan fingerprint density at radius 1 is 1.50 bits per heavy atom. The van der Waals surface area contributed by atoms with E-state index in [1.165, 1.54) is 0 Å². The van der Waals surface area contributed by atoms with Crippen molar-refractivity contribution >= 4 is 10.0 Å². The van der Waals surface area contributed by atoms with Gasteiger partial charge in [-0.25, -0.2) is 22.3 Å². The van der Waals surface area contributed by atoms with Gasteiger partial charge in [-0.2, -0.15) is 0 Å². The molecule has 0 amide bonds. The molecule has 0 atom stereocenters. The quantitative estimate of drug-likeness (QED) is 0.790. The number of nitrogens with two attached hydrogens (primary N) is 1. The maximum absolute atomic E-state index is 12.3. The molecule has 0 radical (unpaired) electrons. The lowest BCUT2D eigenvalue weighted by Crippen LogP contribution is -2.25. The summed E-state index contributed by atoms with van der Waals surface area (Å²) in [6.07, 6.45) is -2.95.